The lowest BCUT2D eigenvalue weighted by Gasteiger charge is -2.12. The quantitative estimate of drug-likeness (QED) is 0.122. The molecule has 2 N–H and O–H groups in total. The maximum absolute atomic E-state index is 5.57. The molecule has 0 spiro atoms. The van der Waals surface area contributed by atoms with Crippen molar-refractivity contribution in [1.82, 2.24) is 20.3 Å². The third-order valence-electron chi connectivity index (χ3n) is 4.16. The first-order valence-electron chi connectivity index (χ1n) is 9.33. The average Bonchev–Trinajstić information content (AvgIpc) is 3.27. The number of hydrazone groups is 1. The van der Waals surface area contributed by atoms with E-state index < -0.39 is 0 Å². The van der Waals surface area contributed by atoms with Crippen LogP contribution in [-0.2, 0) is 0 Å². The molecule has 2 aromatic heterocycles. The van der Waals surface area contributed by atoms with Crippen LogP contribution in [0.2, 0.25) is 0 Å². The molecule has 0 saturated carbocycles. The number of ether oxygens (including phenoxy) is 2. The van der Waals surface area contributed by atoms with Gasteiger partial charge in [0, 0.05) is 9.26 Å². The van der Waals surface area contributed by atoms with Gasteiger partial charge in [-0.3, -0.25) is 5.43 Å². The molecule has 4 aromatic rings. The third-order valence-corrected chi connectivity index (χ3v) is 5.68. The molecule has 12 heteroatoms. The van der Waals surface area contributed by atoms with Crippen molar-refractivity contribution in [2.75, 3.05) is 24.5 Å². The third kappa shape index (κ3) is 5.60. The molecule has 2 heterocycles. The molecule has 4 rings (SSSR count). The molecule has 0 unspecified atom stereocenters. The maximum Gasteiger partial charge on any atom is 0.245 e. The van der Waals surface area contributed by atoms with Gasteiger partial charge in [0.1, 0.15) is 6.61 Å². The second-order valence-electron chi connectivity index (χ2n) is 6.36. The molecular weight excluding hydrogens is 652 g/mol. The summed E-state index contributed by atoms with van der Waals surface area (Å²) in [6, 6.07) is 11.5. The lowest BCUT2D eigenvalue weighted by atomic mass is 10.2. The number of aromatic nitrogens is 4. The smallest absolute Gasteiger partial charge is 0.245 e. The lowest BCUT2D eigenvalue weighted by Crippen LogP contribution is -2.03. The Morgan fingerprint density at radius 3 is 2.55 bits per heavy atom. The molecule has 0 radical (unpaired) electrons. The molecule has 0 amide bonds. The fourth-order valence-corrected chi connectivity index (χ4v) is 3.85. The van der Waals surface area contributed by atoms with E-state index in [9.17, 15) is 0 Å². The van der Waals surface area contributed by atoms with E-state index in [2.05, 4.69) is 87.2 Å². The van der Waals surface area contributed by atoms with E-state index in [1.807, 2.05) is 30.3 Å². The van der Waals surface area contributed by atoms with Crippen LogP contribution in [0, 0.1) is 19.5 Å². The van der Waals surface area contributed by atoms with Crippen LogP contribution in [-0.4, -0.2) is 40.2 Å². The first-order valence-corrected chi connectivity index (χ1v) is 11.5. The van der Waals surface area contributed by atoms with Gasteiger partial charge in [-0.25, -0.2) is 9.61 Å². The molecule has 0 atom stereocenters. The van der Waals surface area contributed by atoms with E-state index in [-0.39, 0.29) is 17.9 Å². The Morgan fingerprint density at radius 2 is 1.85 bits per heavy atom. The van der Waals surface area contributed by atoms with E-state index in [0.29, 0.717) is 23.1 Å². The molecule has 10 nitrogen and oxygen atoms in total. The number of halogens is 2. The van der Waals surface area contributed by atoms with E-state index in [1.165, 1.54) is 0 Å². The Hall–Kier alpha value is -3.19. The standard InChI is InChI=1S/C21H15I2N7O3/c1-3-8-32-17-15(23)9-12(10-16(17)31-2)11-24-28-19-18(25-14-6-4-13(22)5-7-14)26-20-21(27-19)30-33-29-20/h1,4-7,9-11H,8H2,2H3,(H,25,26,29)(H,27,28,30)/b24-11+. The van der Waals surface area contributed by atoms with Crippen LogP contribution < -0.4 is 20.2 Å². The monoisotopic (exact) mass is 667 g/mol. The molecule has 0 saturated heterocycles. The van der Waals surface area contributed by atoms with Gasteiger partial charge in [-0.2, -0.15) is 10.1 Å². The van der Waals surface area contributed by atoms with Crippen molar-refractivity contribution in [3.8, 4) is 23.8 Å². The summed E-state index contributed by atoms with van der Waals surface area (Å²) < 4.78 is 17.7. The van der Waals surface area contributed by atoms with Gasteiger partial charge in [-0.15, -0.1) is 6.42 Å². The number of methoxy groups -OCH3 is 1. The van der Waals surface area contributed by atoms with Gasteiger partial charge in [-0.05, 0) is 97.5 Å². The van der Waals surface area contributed by atoms with Crippen LogP contribution in [0.25, 0.3) is 11.3 Å². The van der Waals surface area contributed by atoms with Crippen molar-refractivity contribution in [1.29, 1.82) is 0 Å². The van der Waals surface area contributed by atoms with Crippen LogP contribution in [0.15, 0.2) is 46.1 Å². The molecular formula is C21H15I2N7O3. The van der Waals surface area contributed by atoms with Crippen molar-refractivity contribution >= 4 is 80.0 Å². The molecule has 0 aliphatic carbocycles. The highest BCUT2D eigenvalue weighted by Gasteiger charge is 2.14. The van der Waals surface area contributed by atoms with Gasteiger partial charge in [0.2, 0.25) is 11.3 Å². The van der Waals surface area contributed by atoms with Crippen molar-refractivity contribution < 1.29 is 14.1 Å². The summed E-state index contributed by atoms with van der Waals surface area (Å²) in [5.41, 5.74) is 5.04. The molecule has 0 bridgehead atoms. The van der Waals surface area contributed by atoms with Crippen LogP contribution in [0.3, 0.4) is 0 Å². The molecule has 0 aliphatic rings. The van der Waals surface area contributed by atoms with E-state index in [1.54, 1.807) is 19.4 Å². The predicted octanol–water partition coefficient (Wildman–Crippen LogP) is 4.43. The van der Waals surface area contributed by atoms with Crippen molar-refractivity contribution in [2.45, 2.75) is 0 Å². The largest absolute Gasteiger partial charge is 0.493 e. The summed E-state index contributed by atoms with van der Waals surface area (Å²) >= 11 is 4.39. The summed E-state index contributed by atoms with van der Waals surface area (Å²) in [4.78, 5) is 8.82. The number of fused-ring (bicyclic) bond motifs is 1. The number of anilines is 3. The van der Waals surface area contributed by atoms with Crippen molar-refractivity contribution in [3.63, 3.8) is 0 Å². The predicted molar refractivity (Wildman–Crippen MR) is 141 cm³/mol. The second-order valence-corrected chi connectivity index (χ2v) is 8.77. The molecule has 166 valence electrons. The second kappa shape index (κ2) is 10.6. The number of rotatable bonds is 8. The number of hydrogen-bond acceptors (Lipinski definition) is 10. The van der Waals surface area contributed by atoms with Crippen LogP contribution in [0.4, 0.5) is 17.3 Å². The van der Waals surface area contributed by atoms with Crippen LogP contribution >= 0.6 is 45.2 Å². The molecule has 0 aliphatic heterocycles. The Bertz CT molecular complexity index is 1350. The van der Waals surface area contributed by atoms with E-state index in [0.717, 1.165) is 18.4 Å². The van der Waals surface area contributed by atoms with Crippen molar-refractivity contribution in [2.24, 2.45) is 5.10 Å². The zero-order valence-corrected chi connectivity index (χ0v) is 21.4. The molecule has 33 heavy (non-hydrogen) atoms. The van der Waals surface area contributed by atoms with Gasteiger partial charge in [0.05, 0.1) is 16.9 Å². The number of benzene rings is 2. The fraction of sp³-hybridized carbons (Fsp3) is 0.0952. The number of nitrogens with one attached hydrogen (secondary N) is 2. The Labute approximate surface area is 215 Å². The Balaban J connectivity index is 1.59. The summed E-state index contributed by atoms with van der Waals surface area (Å²) in [6.45, 7) is 0.149. The number of terminal acetylenes is 1. The van der Waals surface area contributed by atoms with Gasteiger partial charge < -0.3 is 14.8 Å². The normalized spacial score (nSPS) is 10.8. The summed E-state index contributed by atoms with van der Waals surface area (Å²) in [5, 5.41) is 15.0. The van der Waals surface area contributed by atoms with Gasteiger partial charge in [-0.1, -0.05) is 5.92 Å². The van der Waals surface area contributed by atoms with E-state index >= 15 is 0 Å². The first-order chi connectivity index (χ1) is 16.1. The highest BCUT2D eigenvalue weighted by Crippen LogP contribution is 2.33. The minimum absolute atomic E-state index is 0.149. The summed E-state index contributed by atoms with van der Waals surface area (Å²) in [6.07, 6.45) is 6.91. The minimum Gasteiger partial charge on any atom is -0.493 e. The maximum atomic E-state index is 5.57. The van der Waals surface area contributed by atoms with Gasteiger partial charge >= 0.3 is 0 Å². The number of nitrogens with zero attached hydrogens (tertiary/aromatic N) is 5. The SMILES string of the molecule is C#CCOc1c(I)cc(/C=N/Nc2nc3nonc3nc2Nc2ccc(I)cc2)cc1OC. The van der Waals surface area contributed by atoms with Crippen molar-refractivity contribution in [3.05, 3.63) is 49.1 Å². The zero-order chi connectivity index (χ0) is 23.2. The number of hydrogen-bond donors (Lipinski definition) is 2. The fourth-order valence-electron chi connectivity index (χ4n) is 2.71. The van der Waals surface area contributed by atoms with Crippen LogP contribution in [0.5, 0.6) is 11.5 Å². The highest BCUT2D eigenvalue weighted by atomic mass is 127. The topological polar surface area (TPSA) is 120 Å². The Kier molecular flexibility index (Phi) is 7.40. The summed E-state index contributed by atoms with van der Waals surface area (Å²) in [5.74, 6) is 4.35. The molecule has 0 fully saturated rings. The van der Waals surface area contributed by atoms with E-state index in [4.69, 9.17) is 20.5 Å². The zero-order valence-electron chi connectivity index (χ0n) is 17.0. The Morgan fingerprint density at radius 1 is 1.12 bits per heavy atom. The average molecular weight is 667 g/mol. The van der Waals surface area contributed by atoms with Crippen LogP contribution in [0.1, 0.15) is 5.56 Å². The summed E-state index contributed by atoms with van der Waals surface area (Å²) in [7, 11) is 1.56. The minimum atomic E-state index is 0.149. The lowest BCUT2D eigenvalue weighted by molar-refractivity contribution is 0.314. The first kappa shape index (κ1) is 23.0. The van der Waals surface area contributed by atoms with Gasteiger partial charge in [0.15, 0.2) is 23.1 Å². The highest BCUT2D eigenvalue weighted by molar-refractivity contribution is 14.1. The molecule has 2 aromatic carbocycles. The van der Waals surface area contributed by atoms with Gasteiger partial charge in [0.25, 0.3) is 0 Å².